The van der Waals surface area contributed by atoms with Gasteiger partial charge in [0, 0.05) is 0 Å². The lowest BCUT2D eigenvalue weighted by Crippen LogP contribution is -2.45. The molecule has 1 aliphatic rings. The zero-order valence-corrected chi connectivity index (χ0v) is 12.6. The van der Waals surface area contributed by atoms with Gasteiger partial charge in [-0.2, -0.15) is 5.26 Å². The Kier molecular flexibility index (Phi) is 4.60. The highest BCUT2D eigenvalue weighted by Gasteiger charge is 2.37. The second-order valence-electron chi connectivity index (χ2n) is 5.47. The van der Waals surface area contributed by atoms with Gasteiger partial charge >= 0.3 is 5.97 Å². The van der Waals surface area contributed by atoms with Gasteiger partial charge in [-0.15, -0.1) is 11.3 Å². The van der Waals surface area contributed by atoms with E-state index in [1.807, 2.05) is 11.0 Å². The van der Waals surface area contributed by atoms with E-state index in [1.165, 1.54) is 11.3 Å². The minimum Gasteiger partial charge on any atom is -0.481 e. The fourth-order valence-corrected chi connectivity index (χ4v) is 3.04. The van der Waals surface area contributed by atoms with Gasteiger partial charge in [-0.25, -0.2) is 0 Å². The number of hydrogen-bond acceptors (Lipinski definition) is 5. The van der Waals surface area contributed by atoms with Gasteiger partial charge in [-0.1, -0.05) is 0 Å². The number of amides is 1. The molecule has 0 saturated carbocycles. The van der Waals surface area contributed by atoms with Crippen LogP contribution in [0.1, 0.15) is 25.3 Å². The van der Waals surface area contributed by atoms with Crippen LogP contribution >= 0.6 is 11.3 Å². The molecule has 0 bridgehead atoms. The fraction of sp³-hybridized carbons (Fsp3) is 0.500. The van der Waals surface area contributed by atoms with Crippen molar-refractivity contribution in [2.24, 2.45) is 5.41 Å². The maximum Gasteiger partial charge on any atom is 0.309 e. The molecule has 1 aromatic heterocycles. The molecule has 2 rings (SSSR count). The number of nitriles is 1. The number of carbonyl (C=O) groups excluding carboxylic acids is 1. The summed E-state index contributed by atoms with van der Waals surface area (Å²) in [6, 6.07) is 3.69. The number of aliphatic carboxylic acids is 1. The standard InChI is InChI=1S/C14H17N3O3S/c1-14(13(19)20)3-5-17(6-4-14)9-11(18)16-12-10(8-15)2-7-21-12/h2,7H,3-6,9H2,1H3,(H,16,18)(H,19,20). The summed E-state index contributed by atoms with van der Waals surface area (Å²) in [6.07, 6.45) is 1.08. The molecule has 1 aromatic rings. The molecule has 2 heterocycles. The number of carbonyl (C=O) groups is 2. The van der Waals surface area contributed by atoms with Crippen LogP contribution in [0.3, 0.4) is 0 Å². The Balaban J connectivity index is 1.85. The lowest BCUT2D eigenvalue weighted by Gasteiger charge is -2.35. The van der Waals surface area contributed by atoms with E-state index >= 15 is 0 Å². The van der Waals surface area contributed by atoms with E-state index < -0.39 is 11.4 Å². The van der Waals surface area contributed by atoms with Crippen LogP contribution in [0.5, 0.6) is 0 Å². The summed E-state index contributed by atoms with van der Waals surface area (Å²) < 4.78 is 0. The average molecular weight is 307 g/mol. The van der Waals surface area contributed by atoms with Gasteiger partial charge in [0.2, 0.25) is 5.91 Å². The van der Waals surface area contributed by atoms with Crippen LogP contribution in [0.15, 0.2) is 11.4 Å². The van der Waals surface area contributed by atoms with Gasteiger partial charge in [0.05, 0.1) is 17.5 Å². The van der Waals surface area contributed by atoms with E-state index in [9.17, 15) is 9.59 Å². The second-order valence-corrected chi connectivity index (χ2v) is 6.38. The molecule has 6 nitrogen and oxygen atoms in total. The van der Waals surface area contributed by atoms with Crippen molar-refractivity contribution in [1.29, 1.82) is 5.26 Å². The number of nitrogens with one attached hydrogen (secondary N) is 1. The SMILES string of the molecule is CC1(C(=O)O)CCN(CC(=O)Nc2sccc2C#N)CC1. The number of rotatable bonds is 4. The van der Waals surface area contributed by atoms with Crippen molar-refractivity contribution in [2.45, 2.75) is 19.8 Å². The molecule has 0 aromatic carbocycles. The third-order valence-corrected chi connectivity index (χ3v) is 4.71. The smallest absolute Gasteiger partial charge is 0.309 e. The first-order valence-electron chi connectivity index (χ1n) is 6.68. The normalized spacial score (nSPS) is 17.9. The Morgan fingerprint density at radius 1 is 1.52 bits per heavy atom. The van der Waals surface area contributed by atoms with Crippen molar-refractivity contribution < 1.29 is 14.7 Å². The van der Waals surface area contributed by atoms with E-state index in [4.69, 9.17) is 10.4 Å². The Morgan fingerprint density at radius 2 is 2.19 bits per heavy atom. The first kappa shape index (κ1) is 15.5. The second kappa shape index (κ2) is 6.24. The molecule has 1 aliphatic heterocycles. The van der Waals surface area contributed by atoms with E-state index in [1.54, 1.807) is 18.4 Å². The summed E-state index contributed by atoms with van der Waals surface area (Å²) in [6.45, 7) is 3.15. The van der Waals surface area contributed by atoms with Crippen molar-refractivity contribution in [1.82, 2.24) is 4.90 Å². The van der Waals surface area contributed by atoms with Crippen molar-refractivity contribution >= 4 is 28.2 Å². The van der Waals surface area contributed by atoms with Gasteiger partial charge in [-0.3, -0.25) is 14.5 Å². The van der Waals surface area contributed by atoms with Gasteiger partial charge < -0.3 is 10.4 Å². The van der Waals surface area contributed by atoms with Crippen LogP contribution in [0.2, 0.25) is 0 Å². The molecule has 1 fully saturated rings. The minimum atomic E-state index is -0.774. The molecule has 0 spiro atoms. The molecule has 112 valence electrons. The summed E-state index contributed by atoms with van der Waals surface area (Å²) >= 11 is 1.32. The quantitative estimate of drug-likeness (QED) is 0.884. The predicted octanol–water partition coefficient (Wildman–Crippen LogP) is 1.74. The molecule has 0 radical (unpaired) electrons. The van der Waals surface area contributed by atoms with Crippen molar-refractivity contribution in [2.75, 3.05) is 25.0 Å². The Bertz CT molecular complexity index is 583. The minimum absolute atomic E-state index is 0.173. The highest BCUT2D eigenvalue weighted by molar-refractivity contribution is 7.14. The lowest BCUT2D eigenvalue weighted by molar-refractivity contribution is -0.150. The number of carboxylic acids is 1. The van der Waals surface area contributed by atoms with Crippen LogP contribution in [0.25, 0.3) is 0 Å². The maximum absolute atomic E-state index is 12.0. The monoisotopic (exact) mass is 307 g/mol. The molecule has 1 amide bonds. The third kappa shape index (κ3) is 3.60. The zero-order valence-electron chi connectivity index (χ0n) is 11.8. The number of hydrogen-bond donors (Lipinski definition) is 2. The summed E-state index contributed by atoms with van der Waals surface area (Å²) in [5.41, 5.74) is -0.222. The van der Waals surface area contributed by atoms with Gasteiger partial charge in [0.25, 0.3) is 0 Å². The van der Waals surface area contributed by atoms with Gasteiger partial charge in [0.15, 0.2) is 0 Å². The summed E-state index contributed by atoms with van der Waals surface area (Å²) in [7, 11) is 0. The largest absolute Gasteiger partial charge is 0.481 e. The Hall–Kier alpha value is -1.91. The van der Waals surface area contributed by atoms with Gasteiger partial charge in [-0.05, 0) is 44.3 Å². The highest BCUT2D eigenvalue weighted by Crippen LogP contribution is 2.31. The molecule has 1 saturated heterocycles. The maximum atomic E-state index is 12.0. The molecular weight excluding hydrogens is 290 g/mol. The topological polar surface area (TPSA) is 93.4 Å². The van der Waals surface area contributed by atoms with Crippen LogP contribution in [0.4, 0.5) is 5.00 Å². The number of carboxylic acid groups (broad SMARTS) is 1. The first-order valence-corrected chi connectivity index (χ1v) is 7.56. The number of thiophene rings is 1. The Labute approximate surface area is 127 Å². The lowest BCUT2D eigenvalue weighted by atomic mass is 9.80. The number of anilines is 1. The Morgan fingerprint density at radius 3 is 2.76 bits per heavy atom. The van der Waals surface area contributed by atoms with Crippen LogP contribution in [-0.2, 0) is 9.59 Å². The van der Waals surface area contributed by atoms with Crippen molar-refractivity contribution in [3.8, 4) is 6.07 Å². The van der Waals surface area contributed by atoms with E-state index in [2.05, 4.69) is 5.32 Å². The summed E-state index contributed by atoms with van der Waals surface area (Å²) in [4.78, 5) is 25.1. The summed E-state index contributed by atoms with van der Waals surface area (Å²) in [5, 5.41) is 23.1. The molecule has 0 atom stereocenters. The van der Waals surface area contributed by atoms with Crippen LogP contribution < -0.4 is 5.32 Å². The van der Waals surface area contributed by atoms with Crippen molar-refractivity contribution in [3.05, 3.63) is 17.0 Å². The molecule has 21 heavy (non-hydrogen) atoms. The molecular formula is C14H17N3O3S. The number of likely N-dealkylation sites (tertiary alicyclic amines) is 1. The van der Waals surface area contributed by atoms with Crippen LogP contribution in [-0.4, -0.2) is 41.5 Å². The number of nitrogens with zero attached hydrogens (tertiary/aromatic N) is 2. The fourth-order valence-electron chi connectivity index (χ4n) is 2.28. The third-order valence-electron chi connectivity index (χ3n) is 3.88. The van der Waals surface area contributed by atoms with E-state index in [-0.39, 0.29) is 12.5 Å². The van der Waals surface area contributed by atoms with Crippen molar-refractivity contribution in [3.63, 3.8) is 0 Å². The van der Waals surface area contributed by atoms with E-state index in [0.29, 0.717) is 36.5 Å². The predicted molar refractivity (Wildman–Crippen MR) is 79.1 cm³/mol. The molecule has 2 N–H and O–H groups in total. The first-order chi connectivity index (χ1) is 9.94. The number of piperidine rings is 1. The average Bonchev–Trinajstić information content (AvgIpc) is 2.88. The highest BCUT2D eigenvalue weighted by atomic mass is 32.1. The summed E-state index contributed by atoms with van der Waals surface area (Å²) in [5.74, 6) is -0.947. The molecule has 0 aliphatic carbocycles. The van der Waals surface area contributed by atoms with E-state index in [0.717, 1.165) is 0 Å². The molecule has 0 unspecified atom stereocenters. The molecule has 7 heteroatoms. The zero-order chi connectivity index (χ0) is 15.5. The van der Waals surface area contributed by atoms with Gasteiger partial charge in [0.1, 0.15) is 11.1 Å². The van der Waals surface area contributed by atoms with Crippen LogP contribution in [0, 0.1) is 16.7 Å².